The van der Waals surface area contributed by atoms with Crippen LogP contribution in [0, 0.1) is 12.7 Å². The van der Waals surface area contributed by atoms with E-state index in [0.717, 1.165) is 22.3 Å². The van der Waals surface area contributed by atoms with Gasteiger partial charge < -0.3 is 0 Å². The second-order valence-corrected chi connectivity index (χ2v) is 6.30. The number of hydrogen-bond acceptors (Lipinski definition) is 1. The van der Waals surface area contributed by atoms with Gasteiger partial charge in [-0.2, -0.15) is 0 Å². The zero-order valence-electron chi connectivity index (χ0n) is 11.8. The Hall–Kier alpha value is -1.87. The maximum Gasteiger partial charge on any atom is 0.123 e. The average molecular weight is 292 g/mol. The molecule has 0 aliphatic heterocycles. The van der Waals surface area contributed by atoms with Crippen LogP contribution in [0.15, 0.2) is 54.6 Å². The van der Waals surface area contributed by atoms with Gasteiger partial charge in [-0.1, -0.05) is 35.8 Å². The van der Waals surface area contributed by atoms with Gasteiger partial charge in [-0.3, -0.25) is 0 Å². The number of aryl methyl sites for hydroxylation is 1. The van der Waals surface area contributed by atoms with Gasteiger partial charge in [0.2, 0.25) is 0 Å². The van der Waals surface area contributed by atoms with Crippen LogP contribution in [0.2, 0.25) is 0 Å². The summed E-state index contributed by atoms with van der Waals surface area (Å²) in [4.78, 5) is 2.44. The molecule has 0 N–H and O–H groups in total. The number of rotatable bonds is 3. The molecule has 3 rings (SSSR count). The second kappa shape index (κ2) is 5.86. The van der Waals surface area contributed by atoms with E-state index >= 15 is 0 Å². The highest BCUT2D eigenvalue weighted by Gasteiger charge is 2.06. The lowest BCUT2D eigenvalue weighted by molar-refractivity contribution is 0.628. The normalized spacial score (nSPS) is 10.8. The van der Waals surface area contributed by atoms with Gasteiger partial charge >= 0.3 is 0 Å². The predicted octanol–water partition coefficient (Wildman–Crippen LogP) is 4.25. The number of halogens is 1. The molecule has 1 aromatic heterocycles. The quantitative estimate of drug-likeness (QED) is 0.633. The molecule has 0 aliphatic carbocycles. The fourth-order valence-electron chi connectivity index (χ4n) is 2.31. The lowest BCUT2D eigenvalue weighted by atomic mass is 9.91. The highest BCUT2D eigenvalue weighted by atomic mass is 32.1. The standard InChI is InChI=1S/C18H14BFS/c1-12-2-5-15(19)10-14(12)11-17-8-9-18(21-17)13-3-6-16(20)7-4-13/h2-10H,11H2,1H3. The molecule has 0 nitrogen and oxygen atoms in total. The SMILES string of the molecule is [B]c1ccc(C)c(Cc2ccc(-c3ccc(F)cc3)s2)c1. The van der Waals surface area contributed by atoms with E-state index in [4.69, 9.17) is 7.85 Å². The van der Waals surface area contributed by atoms with Crippen LogP contribution in [0.25, 0.3) is 10.4 Å². The van der Waals surface area contributed by atoms with Crippen molar-refractivity contribution in [1.29, 1.82) is 0 Å². The topological polar surface area (TPSA) is 0 Å². The zero-order chi connectivity index (χ0) is 14.8. The molecule has 21 heavy (non-hydrogen) atoms. The highest BCUT2D eigenvalue weighted by molar-refractivity contribution is 7.15. The van der Waals surface area contributed by atoms with Crippen LogP contribution < -0.4 is 5.46 Å². The first-order valence-electron chi connectivity index (χ1n) is 6.81. The summed E-state index contributed by atoms with van der Waals surface area (Å²) in [6, 6.07) is 16.9. The fraction of sp³-hybridized carbons (Fsp3) is 0.111. The summed E-state index contributed by atoms with van der Waals surface area (Å²) in [6.07, 6.45) is 0.878. The Morgan fingerprint density at radius 2 is 1.76 bits per heavy atom. The van der Waals surface area contributed by atoms with Gasteiger partial charge in [-0.15, -0.1) is 11.3 Å². The average Bonchev–Trinajstić information content (AvgIpc) is 2.92. The van der Waals surface area contributed by atoms with E-state index in [1.54, 1.807) is 11.3 Å². The summed E-state index contributed by atoms with van der Waals surface area (Å²) in [5.41, 5.74) is 4.35. The van der Waals surface area contributed by atoms with E-state index in [1.807, 2.05) is 24.3 Å². The van der Waals surface area contributed by atoms with E-state index < -0.39 is 0 Å². The Morgan fingerprint density at radius 3 is 2.52 bits per heavy atom. The van der Waals surface area contributed by atoms with Gasteiger partial charge in [-0.05, 0) is 47.9 Å². The van der Waals surface area contributed by atoms with Crippen molar-refractivity contribution in [1.82, 2.24) is 0 Å². The summed E-state index contributed by atoms with van der Waals surface area (Å²) >= 11 is 1.74. The molecule has 2 aromatic carbocycles. The largest absolute Gasteiger partial charge is 0.207 e. The third-order valence-electron chi connectivity index (χ3n) is 3.53. The first-order valence-corrected chi connectivity index (χ1v) is 7.63. The molecular weight excluding hydrogens is 278 g/mol. The van der Waals surface area contributed by atoms with E-state index in [1.165, 1.54) is 28.1 Å². The van der Waals surface area contributed by atoms with Crippen LogP contribution in [-0.2, 0) is 6.42 Å². The molecular formula is C18H14BFS. The molecule has 0 saturated carbocycles. The number of benzene rings is 2. The molecule has 0 bridgehead atoms. The van der Waals surface area contributed by atoms with Gasteiger partial charge in [0, 0.05) is 16.2 Å². The van der Waals surface area contributed by atoms with E-state index in [-0.39, 0.29) is 5.82 Å². The Kier molecular flexibility index (Phi) is 3.93. The molecule has 0 fully saturated rings. The summed E-state index contributed by atoms with van der Waals surface area (Å²) < 4.78 is 13.0. The Balaban J connectivity index is 1.85. The molecule has 0 saturated heterocycles. The van der Waals surface area contributed by atoms with Crippen molar-refractivity contribution in [2.75, 3.05) is 0 Å². The molecule has 0 amide bonds. The van der Waals surface area contributed by atoms with E-state index in [9.17, 15) is 4.39 Å². The van der Waals surface area contributed by atoms with Gasteiger partial charge in [0.25, 0.3) is 0 Å². The molecule has 3 heteroatoms. The van der Waals surface area contributed by atoms with Crippen molar-refractivity contribution in [3.05, 3.63) is 76.4 Å². The minimum atomic E-state index is -0.203. The second-order valence-electron chi connectivity index (χ2n) is 5.14. The summed E-state index contributed by atoms with van der Waals surface area (Å²) in [7, 11) is 5.86. The van der Waals surface area contributed by atoms with Gasteiger partial charge in [0.05, 0.1) is 0 Å². The van der Waals surface area contributed by atoms with Crippen LogP contribution in [0.4, 0.5) is 4.39 Å². The third kappa shape index (κ3) is 3.25. The molecule has 0 atom stereocenters. The molecule has 1 heterocycles. The van der Waals surface area contributed by atoms with E-state index in [0.29, 0.717) is 0 Å². The van der Waals surface area contributed by atoms with Crippen molar-refractivity contribution < 1.29 is 4.39 Å². The molecule has 0 unspecified atom stereocenters. The lowest BCUT2D eigenvalue weighted by Crippen LogP contribution is -2.04. The van der Waals surface area contributed by atoms with Crippen molar-refractivity contribution in [2.24, 2.45) is 0 Å². The van der Waals surface area contributed by atoms with Crippen LogP contribution in [0.3, 0.4) is 0 Å². The molecule has 0 aliphatic rings. The van der Waals surface area contributed by atoms with Crippen molar-refractivity contribution in [2.45, 2.75) is 13.3 Å². The number of thiophene rings is 1. The van der Waals surface area contributed by atoms with Crippen molar-refractivity contribution >= 4 is 24.6 Å². The number of hydrogen-bond donors (Lipinski definition) is 0. The van der Waals surface area contributed by atoms with Crippen molar-refractivity contribution in [3.63, 3.8) is 0 Å². The van der Waals surface area contributed by atoms with Gasteiger partial charge in [0.15, 0.2) is 0 Å². The Morgan fingerprint density at radius 1 is 1.00 bits per heavy atom. The minimum absolute atomic E-state index is 0.203. The summed E-state index contributed by atoms with van der Waals surface area (Å²) in [6.45, 7) is 2.10. The molecule has 0 spiro atoms. The van der Waals surface area contributed by atoms with Crippen LogP contribution >= 0.6 is 11.3 Å². The Bertz CT molecular complexity index is 759. The lowest BCUT2D eigenvalue weighted by Gasteiger charge is -2.05. The zero-order valence-corrected chi connectivity index (χ0v) is 12.6. The maximum absolute atomic E-state index is 13.0. The Labute approximate surface area is 129 Å². The van der Waals surface area contributed by atoms with Crippen LogP contribution in [0.1, 0.15) is 16.0 Å². The highest BCUT2D eigenvalue weighted by Crippen LogP contribution is 2.29. The maximum atomic E-state index is 13.0. The third-order valence-corrected chi connectivity index (χ3v) is 4.66. The summed E-state index contributed by atoms with van der Waals surface area (Å²) in [5, 5.41) is 0. The van der Waals surface area contributed by atoms with Crippen LogP contribution in [0.5, 0.6) is 0 Å². The first kappa shape index (κ1) is 14.1. The van der Waals surface area contributed by atoms with Gasteiger partial charge in [0.1, 0.15) is 13.7 Å². The fourth-order valence-corrected chi connectivity index (χ4v) is 3.35. The molecule has 102 valence electrons. The van der Waals surface area contributed by atoms with E-state index in [2.05, 4.69) is 25.1 Å². The minimum Gasteiger partial charge on any atom is -0.207 e. The first-order chi connectivity index (χ1) is 10.1. The molecule has 3 aromatic rings. The van der Waals surface area contributed by atoms with Crippen molar-refractivity contribution in [3.8, 4) is 10.4 Å². The smallest absolute Gasteiger partial charge is 0.123 e. The van der Waals surface area contributed by atoms with Gasteiger partial charge in [-0.25, -0.2) is 4.39 Å². The predicted molar refractivity (Wildman–Crippen MR) is 89.1 cm³/mol. The molecule has 2 radical (unpaired) electrons. The van der Waals surface area contributed by atoms with Crippen LogP contribution in [-0.4, -0.2) is 7.85 Å². The summed E-state index contributed by atoms with van der Waals surface area (Å²) in [5.74, 6) is -0.203. The monoisotopic (exact) mass is 292 g/mol.